The first-order valence-corrected chi connectivity index (χ1v) is 5.60. The van der Waals surface area contributed by atoms with E-state index in [2.05, 4.69) is 67.6 Å². The lowest BCUT2D eigenvalue weighted by molar-refractivity contribution is 1.46. The van der Waals surface area contributed by atoms with Gasteiger partial charge in [0.2, 0.25) is 0 Å². The molecule has 2 aromatic carbocycles. The summed E-state index contributed by atoms with van der Waals surface area (Å²) in [6, 6.07) is 17.1. The Labute approximate surface area is 97.3 Å². The molecule has 0 nitrogen and oxygen atoms in total. The van der Waals surface area contributed by atoms with E-state index in [0.29, 0.717) is 0 Å². The maximum atomic E-state index is 2.18. The average Bonchev–Trinajstić information content (AvgIpc) is 2.32. The van der Waals surface area contributed by atoms with Gasteiger partial charge in [-0.25, -0.2) is 0 Å². The van der Waals surface area contributed by atoms with Crippen molar-refractivity contribution in [2.24, 2.45) is 0 Å². The summed E-state index contributed by atoms with van der Waals surface area (Å²) in [5.41, 5.74) is 5.14. The van der Waals surface area contributed by atoms with Crippen LogP contribution in [-0.4, -0.2) is 0 Å². The Morgan fingerprint density at radius 3 is 2.25 bits per heavy atom. The highest BCUT2D eigenvalue weighted by atomic mass is 14.0. The van der Waals surface area contributed by atoms with E-state index in [4.69, 9.17) is 0 Å². The second-order valence-corrected chi connectivity index (χ2v) is 3.95. The topological polar surface area (TPSA) is 0 Å². The molecule has 0 aliphatic carbocycles. The fourth-order valence-corrected chi connectivity index (χ4v) is 1.82. The van der Waals surface area contributed by atoms with Crippen LogP contribution in [0, 0.1) is 6.92 Å². The number of aryl methyl sites for hydroxylation is 1. The quantitative estimate of drug-likeness (QED) is 0.671. The van der Waals surface area contributed by atoms with Gasteiger partial charge in [-0.15, -0.1) is 0 Å². The van der Waals surface area contributed by atoms with Gasteiger partial charge in [-0.1, -0.05) is 66.2 Å². The highest BCUT2D eigenvalue weighted by Gasteiger charge is 2.00. The Kier molecular flexibility index (Phi) is 3.21. The zero-order chi connectivity index (χ0) is 11.4. The minimum Gasteiger partial charge on any atom is -0.0870 e. The first-order valence-electron chi connectivity index (χ1n) is 5.60. The summed E-state index contributed by atoms with van der Waals surface area (Å²) >= 11 is 0. The van der Waals surface area contributed by atoms with Crippen LogP contribution in [0.5, 0.6) is 0 Å². The molecule has 0 fully saturated rings. The second kappa shape index (κ2) is 4.80. The molecule has 0 aromatic heterocycles. The molecule has 0 aliphatic rings. The van der Waals surface area contributed by atoms with Crippen molar-refractivity contribution in [3.05, 3.63) is 65.7 Å². The predicted octanol–water partition coefficient (Wildman–Crippen LogP) is 4.70. The maximum Gasteiger partial charge on any atom is -0.0112 e. The Morgan fingerprint density at radius 2 is 1.56 bits per heavy atom. The molecule has 2 rings (SSSR count). The van der Waals surface area contributed by atoms with Crippen LogP contribution < -0.4 is 0 Å². The van der Waals surface area contributed by atoms with E-state index < -0.39 is 0 Å². The van der Waals surface area contributed by atoms with Gasteiger partial charge in [0.1, 0.15) is 0 Å². The molecular weight excluding hydrogens is 192 g/mol. The van der Waals surface area contributed by atoms with Crippen LogP contribution in [0.1, 0.15) is 18.1 Å². The van der Waals surface area contributed by atoms with Crippen molar-refractivity contribution in [1.82, 2.24) is 0 Å². The van der Waals surface area contributed by atoms with E-state index in [1.165, 1.54) is 22.3 Å². The van der Waals surface area contributed by atoms with Gasteiger partial charge < -0.3 is 0 Å². The number of rotatable bonds is 2. The average molecular weight is 208 g/mol. The lowest BCUT2D eigenvalue weighted by atomic mass is 9.99. The Bertz CT molecular complexity index is 490. The minimum absolute atomic E-state index is 1.27. The van der Waals surface area contributed by atoms with Gasteiger partial charge in [-0.3, -0.25) is 0 Å². The molecule has 0 aliphatic heterocycles. The second-order valence-electron chi connectivity index (χ2n) is 3.95. The number of hydrogen-bond acceptors (Lipinski definition) is 0. The molecule has 2 aromatic rings. The van der Waals surface area contributed by atoms with Gasteiger partial charge in [0.15, 0.2) is 0 Å². The summed E-state index contributed by atoms with van der Waals surface area (Å²) in [6.07, 6.45) is 4.22. The van der Waals surface area contributed by atoms with Gasteiger partial charge in [-0.05, 0) is 30.5 Å². The predicted molar refractivity (Wildman–Crippen MR) is 71.3 cm³/mol. The van der Waals surface area contributed by atoms with Crippen molar-refractivity contribution in [1.29, 1.82) is 0 Å². The van der Waals surface area contributed by atoms with Crippen LogP contribution in [0.2, 0.25) is 0 Å². The first-order chi connectivity index (χ1) is 7.81. The van der Waals surface area contributed by atoms with E-state index >= 15 is 0 Å². The molecule has 0 atom stereocenters. The third-order valence-electron chi connectivity index (χ3n) is 2.67. The Balaban J connectivity index is 2.51. The van der Waals surface area contributed by atoms with Gasteiger partial charge >= 0.3 is 0 Å². The molecule has 16 heavy (non-hydrogen) atoms. The molecule has 0 unspecified atom stereocenters. The summed E-state index contributed by atoms with van der Waals surface area (Å²) in [5, 5.41) is 0. The standard InChI is InChI=1S/C16H16/c1-3-6-14-7-4-5-8-16(14)15-11-9-13(2)10-12-15/h3-12H,1-2H3/b6-3-. The van der Waals surface area contributed by atoms with Crippen molar-refractivity contribution in [3.8, 4) is 11.1 Å². The van der Waals surface area contributed by atoms with Crippen molar-refractivity contribution in [2.45, 2.75) is 13.8 Å². The number of hydrogen-bond donors (Lipinski definition) is 0. The van der Waals surface area contributed by atoms with Gasteiger partial charge in [0, 0.05) is 0 Å². The minimum atomic E-state index is 1.27. The van der Waals surface area contributed by atoms with Crippen molar-refractivity contribution >= 4 is 6.08 Å². The third kappa shape index (κ3) is 2.22. The molecule has 0 N–H and O–H groups in total. The molecule has 0 saturated carbocycles. The molecule has 0 spiro atoms. The van der Waals surface area contributed by atoms with E-state index in [1.54, 1.807) is 0 Å². The van der Waals surface area contributed by atoms with Gasteiger partial charge in [-0.2, -0.15) is 0 Å². The van der Waals surface area contributed by atoms with Crippen LogP contribution in [0.4, 0.5) is 0 Å². The van der Waals surface area contributed by atoms with E-state index in [0.717, 1.165) is 0 Å². The number of benzene rings is 2. The highest BCUT2D eigenvalue weighted by molar-refractivity contribution is 5.75. The van der Waals surface area contributed by atoms with Crippen molar-refractivity contribution in [2.75, 3.05) is 0 Å². The maximum absolute atomic E-state index is 2.18. The summed E-state index contributed by atoms with van der Waals surface area (Å²) in [5.74, 6) is 0. The van der Waals surface area contributed by atoms with Crippen LogP contribution >= 0.6 is 0 Å². The van der Waals surface area contributed by atoms with Gasteiger partial charge in [0.25, 0.3) is 0 Å². The van der Waals surface area contributed by atoms with Crippen LogP contribution in [0.3, 0.4) is 0 Å². The lowest BCUT2D eigenvalue weighted by Gasteiger charge is -2.06. The van der Waals surface area contributed by atoms with Crippen LogP contribution in [0.25, 0.3) is 17.2 Å². The molecular formula is C16H16. The van der Waals surface area contributed by atoms with Crippen LogP contribution in [-0.2, 0) is 0 Å². The first kappa shape index (κ1) is 10.7. The lowest BCUT2D eigenvalue weighted by Crippen LogP contribution is -1.82. The van der Waals surface area contributed by atoms with Crippen LogP contribution in [0.15, 0.2) is 54.6 Å². The molecule has 0 bridgehead atoms. The number of allylic oxidation sites excluding steroid dienone is 1. The summed E-state index contributed by atoms with van der Waals surface area (Å²) in [6.45, 7) is 4.16. The van der Waals surface area contributed by atoms with Crippen molar-refractivity contribution < 1.29 is 0 Å². The molecule has 80 valence electrons. The van der Waals surface area contributed by atoms with Crippen molar-refractivity contribution in [3.63, 3.8) is 0 Å². The normalized spacial score (nSPS) is 10.9. The van der Waals surface area contributed by atoms with E-state index in [-0.39, 0.29) is 0 Å². The largest absolute Gasteiger partial charge is 0.0870 e. The molecule has 0 heterocycles. The fourth-order valence-electron chi connectivity index (χ4n) is 1.82. The highest BCUT2D eigenvalue weighted by Crippen LogP contribution is 2.24. The van der Waals surface area contributed by atoms with Gasteiger partial charge in [0.05, 0.1) is 0 Å². The van der Waals surface area contributed by atoms with E-state index in [1.807, 2.05) is 6.92 Å². The zero-order valence-corrected chi connectivity index (χ0v) is 9.77. The third-order valence-corrected chi connectivity index (χ3v) is 2.67. The Morgan fingerprint density at radius 1 is 0.875 bits per heavy atom. The fraction of sp³-hybridized carbons (Fsp3) is 0.125. The molecule has 0 amide bonds. The SMILES string of the molecule is C/C=C\c1ccccc1-c1ccc(C)cc1. The molecule has 0 saturated heterocycles. The summed E-state index contributed by atoms with van der Waals surface area (Å²) < 4.78 is 0. The Hall–Kier alpha value is -1.82. The van der Waals surface area contributed by atoms with E-state index in [9.17, 15) is 0 Å². The zero-order valence-electron chi connectivity index (χ0n) is 9.77. The summed E-state index contributed by atoms with van der Waals surface area (Å²) in [4.78, 5) is 0. The monoisotopic (exact) mass is 208 g/mol. The summed E-state index contributed by atoms with van der Waals surface area (Å²) in [7, 11) is 0. The smallest absolute Gasteiger partial charge is 0.0112 e. The molecule has 0 radical (unpaired) electrons. The molecule has 0 heteroatoms.